The van der Waals surface area contributed by atoms with Gasteiger partial charge in [0.25, 0.3) is 0 Å². The first-order valence-electron chi connectivity index (χ1n) is 44.2. The molecule has 0 radical (unpaired) electrons. The van der Waals surface area contributed by atoms with Gasteiger partial charge in [-0.1, -0.05) is 253 Å². The summed E-state index contributed by atoms with van der Waals surface area (Å²) in [7, 11) is -4.95. The molecule has 2 saturated heterocycles. The van der Waals surface area contributed by atoms with E-state index < -0.39 is 101 Å². The maximum absolute atomic E-state index is 14.8. The van der Waals surface area contributed by atoms with E-state index in [2.05, 4.69) is 42.6 Å². The van der Waals surface area contributed by atoms with E-state index in [9.17, 15) is 33.4 Å². The number of nitrogens with zero attached hydrogens (tertiary/aromatic N) is 4. The van der Waals surface area contributed by atoms with Crippen LogP contribution >= 0.6 is 7.82 Å². The Bertz CT molecular complexity index is 4240. The number of phosphoric acid groups is 1. The van der Waals surface area contributed by atoms with Crippen molar-refractivity contribution in [3.63, 3.8) is 0 Å². The lowest BCUT2D eigenvalue weighted by Crippen LogP contribution is -2.63. The predicted octanol–water partition coefficient (Wildman–Crippen LogP) is 18.1. The van der Waals surface area contributed by atoms with Crippen LogP contribution < -0.4 is 31.4 Å². The van der Waals surface area contributed by atoms with Gasteiger partial charge in [-0.2, -0.15) is 0 Å². The van der Waals surface area contributed by atoms with Gasteiger partial charge in [-0.25, -0.2) is 23.6 Å². The number of esters is 3. The van der Waals surface area contributed by atoms with Gasteiger partial charge in [-0.15, -0.1) is 5.10 Å². The zero-order valence-electron chi connectivity index (χ0n) is 73.9. The molecule has 4 aliphatic heterocycles. The standard InChI is InChI=1S/C92H132B2N5O19PSi/c1-15-17-19-21-23-25-27-29-31-33-35-37-39-41-83(100)107-66-76(112-84(101)42-40-38-36-34-32-30-28-26-24-22-20-18-16-2)67-111-119(105,106)110-58-57-99(11,12)63-73-62-98(97-96-73)74-52-55-78-77(60-74)85(102)114-92(78)79-54-51-72(95-86(103)108-64-68-43-47-70(48-44-68)93-115-88(3,4)89(5,6)116-93)59-81(79)120(13,14)82-61-75(53-56-80(82)92)113-87(104)109-65-69-45-49-71(50-46-69)94-117-90(7,8)91(9,10)118-94/h43-56,59-62,76H,15-42,57-58,63-67H2,1-14H3,(H-,95,103,105,106)/p+1. The molecular formula is C92H133B2N5O19PSi+. The van der Waals surface area contributed by atoms with Crippen molar-refractivity contribution in [1.82, 2.24) is 15.0 Å². The van der Waals surface area contributed by atoms with Crippen molar-refractivity contribution in [2.24, 2.45) is 0 Å². The van der Waals surface area contributed by atoms with E-state index in [0.717, 1.165) is 71.0 Å². The highest BCUT2D eigenvalue weighted by atomic mass is 31.2. The molecule has 120 heavy (non-hydrogen) atoms. The lowest BCUT2D eigenvalue weighted by Gasteiger charge is -2.43. The number of unbranched alkanes of at least 4 members (excludes halogenated alkanes) is 24. The molecule has 1 aromatic heterocycles. The van der Waals surface area contributed by atoms with Crippen molar-refractivity contribution < 1.29 is 94.0 Å². The number of benzene rings is 5. The van der Waals surface area contributed by atoms with Crippen molar-refractivity contribution in [2.75, 3.05) is 45.8 Å². The van der Waals surface area contributed by atoms with Crippen molar-refractivity contribution in [1.29, 1.82) is 0 Å². The summed E-state index contributed by atoms with van der Waals surface area (Å²) in [5.41, 5.74) is 3.29. The van der Waals surface area contributed by atoms with E-state index in [1.807, 2.05) is 148 Å². The Kier molecular flexibility index (Phi) is 34.1. The van der Waals surface area contributed by atoms with Crippen LogP contribution in [0.25, 0.3) is 5.69 Å². The van der Waals surface area contributed by atoms with Crippen LogP contribution in [0, 0.1) is 0 Å². The maximum atomic E-state index is 14.8. The normalized spacial score (nSPS) is 17.8. The Hall–Kier alpha value is -7.55. The average molecular weight is 1690 g/mol. The molecule has 24 nitrogen and oxygen atoms in total. The van der Waals surface area contributed by atoms with Gasteiger partial charge in [-0.3, -0.25) is 24.0 Å². The highest BCUT2D eigenvalue weighted by Crippen LogP contribution is 2.50. The van der Waals surface area contributed by atoms with Crippen LogP contribution in [0.3, 0.4) is 0 Å². The van der Waals surface area contributed by atoms with Gasteiger partial charge in [0.1, 0.15) is 59.0 Å². The Morgan fingerprint density at radius 3 is 1.54 bits per heavy atom. The molecule has 10 rings (SSSR count). The second-order valence-corrected chi connectivity index (χ2v) is 42.0. The number of rotatable bonds is 49. The Morgan fingerprint density at radius 1 is 0.558 bits per heavy atom. The molecule has 2 N–H and O–H groups in total. The molecular weight excluding hydrogens is 1560 g/mol. The minimum absolute atomic E-state index is 0.0190. The molecule has 0 saturated carbocycles. The smallest absolute Gasteiger partial charge is 0.462 e. The number of carbonyl (C=O) groups is 5. The molecule has 4 aliphatic rings. The highest BCUT2D eigenvalue weighted by Gasteiger charge is 2.57. The molecule has 0 aliphatic carbocycles. The van der Waals surface area contributed by atoms with Gasteiger partial charge in [-0.05, 0) is 137 Å². The van der Waals surface area contributed by atoms with Crippen molar-refractivity contribution in [3.8, 4) is 11.4 Å². The lowest BCUT2D eigenvalue weighted by atomic mass is 9.79. The number of hydrogen-bond acceptors (Lipinski definition) is 20. The zero-order valence-corrected chi connectivity index (χ0v) is 75.8. The number of carbonyl (C=O) groups excluding carboxylic acids is 5. The van der Waals surface area contributed by atoms with Crippen LogP contribution in [0.2, 0.25) is 13.1 Å². The second-order valence-electron chi connectivity index (χ2n) is 36.2. The summed E-state index contributed by atoms with van der Waals surface area (Å²) in [5.74, 6) is -1.33. The minimum Gasteiger partial charge on any atom is -0.462 e. The van der Waals surface area contributed by atoms with Crippen LogP contribution in [-0.2, 0) is 90.9 Å². The Balaban J connectivity index is 0.770. The third-order valence-corrected chi connectivity index (χ3v) is 29.1. The van der Waals surface area contributed by atoms with Gasteiger partial charge in [0.2, 0.25) is 0 Å². The molecule has 0 bridgehead atoms. The first kappa shape index (κ1) is 94.7. The van der Waals surface area contributed by atoms with Crippen LogP contribution in [0.15, 0.2) is 109 Å². The fraction of sp³-hybridized carbons (Fsp3) is 0.598. The summed E-state index contributed by atoms with van der Waals surface area (Å²) in [6.45, 7) is 24.1. The number of aromatic nitrogens is 3. The molecule has 1 spiro atoms. The van der Waals surface area contributed by atoms with E-state index in [1.165, 1.54) is 116 Å². The number of ether oxygens (including phenoxy) is 6. The zero-order chi connectivity index (χ0) is 86.4. The quantitative estimate of drug-likeness (QED) is 0.00683. The van der Waals surface area contributed by atoms with Gasteiger partial charge >= 0.3 is 52.2 Å². The third-order valence-electron chi connectivity index (χ3n) is 24.6. The topological polar surface area (TPSA) is 276 Å². The largest absolute Gasteiger partial charge is 0.514 e. The molecule has 28 heteroatoms. The monoisotopic (exact) mass is 1690 g/mol. The molecule has 6 aromatic rings. The summed E-state index contributed by atoms with van der Waals surface area (Å²) >= 11 is 0. The highest BCUT2D eigenvalue weighted by molar-refractivity contribution is 7.47. The lowest BCUT2D eigenvalue weighted by molar-refractivity contribution is -0.904. The van der Waals surface area contributed by atoms with Gasteiger partial charge in [0, 0.05) is 35.2 Å². The number of likely N-dealkylation sites (N-methyl/N-ethyl adjacent to an activating group) is 1. The summed E-state index contributed by atoms with van der Waals surface area (Å²) in [6.07, 6.45) is 29.8. The van der Waals surface area contributed by atoms with E-state index in [1.54, 1.807) is 35.1 Å². The number of fused-ring (bicyclic) bond motifs is 6. The van der Waals surface area contributed by atoms with Crippen LogP contribution in [0.4, 0.5) is 15.3 Å². The summed E-state index contributed by atoms with van der Waals surface area (Å²) in [5, 5.41) is 13.6. The third kappa shape index (κ3) is 26.0. The van der Waals surface area contributed by atoms with Crippen molar-refractivity contribution in [2.45, 2.75) is 316 Å². The minimum atomic E-state index is -4.72. The van der Waals surface area contributed by atoms with E-state index >= 15 is 0 Å². The molecule has 654 valence electrons. The van der Waals surface area contributed by atoms with Crippen LogP contribution in [-0.4, -0.2) is 146 Å². The van der Waals surface area contributed by atoms with E-state index in [0.29, 0.717) is 53.1 Å². The van der Waals surface area contributed by atoms with Gasteiger partial charge in [0.15, 0.2) is 11.7 Å². The Labute approximate surface area is 714 Å². The predicted molar refractivity (Wildman–Crippen MR) is 469 cm³/mol. The molecule has 5 aromatic carbocycles. The summed E-state index contributed by atoms with van der Waals surface area (Å²) < 4.78 is 86.8. The number of phosphoric ester groups is 1. The molecule has 2 fully saturated rings. The number of hydrogen-bond donors (Lipinski definition) is 2. The SMILES string of the molecule is CCCCCCCCCCCCCCCC(=O)OCC(COP(=O)(O)OCC[N+](C)(C)Cc1cn(-c2ccc3c(c2)C(=O)OC32c3ccc(NC(=O)OCc4ccc(B5OC(C)(C)C(C)(C)O5)cc4)cc3[Si](C)(C)c3cc(OC(=O)OCc4ccc(B5OC(C)(C)C(C)(C)O5)cc4)ccc32)nn1)OC(=O)CCCCCCCCCCCCCCC. The molecule has 3 unspecified atom stereocenters. The number of amides is 1. The first-order valence-corrected chi connectivity index (χ1v) is 48.7. The van der Waals surface area contributed by atoms with Crippen LogP contribution in [0.5, 0.6) is 5.75 Å². The van der Waals surface area contributed by atoms with Gasteiger partial charge < -0.3 is 56.4 Å². The summed E-state index contributed by atoms with van der Waals surface area (Å²) in [6, 6.07) is 31.2. The molecule has 1 amide bonds. The van der Waals surface area contributed by atoms with Crippen molar-refractivity contribution >= 4 is 87.3 Å². The van der Waals surface area contributed by atoms with Crippen molar-refractivity contribution in [3.05, 3.63) is 148 Å². The number of quaternary nitrogens is 1. The maximum Gasteiger partial charge on any atom is 0.514 e. The second kappa shape index (κ2) is 43.2. The molecule has 5 heterocycles. The average Bonchev–Trinajstić information content (AvgIpc) is 1.42. The van der Waals surface area contributed by atoms with E-state index in [4.69, 9.17) is 56.1 Å². The number of anilines is 1. The van der Waals surface area contributed by atoms with E-state index in [-0.39, 0.29) is 61.6 Å². The molecule has 3 atom stereocenters. The van der Waals surface area contributed by atoms with Crippen LogP contribution in [0.1, 0.15) is 293 Å². The fourth-order valence-corrected chi connectivity index (χ4v) is 19.8. The first-order chi connectivity index (χ1) is 57.1. The summed E-state index contributed by atoms with van der Waals surface area (Å²) in [4.78, 5) is 79.4. The van der Waals surface area contributed by atoms with Gasteiger partial charge in [0.05, 0.1) is 60.6 Å². The Morgan fingerprint density at radius 2 is 1.02 bits per heavy atom. The fourth-order valence-electron chi connectivity index (χ4n) is 15.8. The number of nitrogens with one attached hydrogen (secondary N) is 1.